The van der Waals surface area contributed by atoms with Gasteiger partial charge in [0.1, 0.15) is 28.9 Å². The highest BCUT2D eigenvalue weighted by molar-refractivity contribution is 7.95. The Bertz CT molecular complexity index is 992. The summed E-state index contributed by atoms with van der Waals surface area (Å²) in [5.74, 6) is 0.928. The lowest BCUT2D eigenvalue weighted by atomic mass is 10.0. The lowest BCUT2D eigenvalue weighted by Crippen LogP contribution is -3.00. The van der Waals surface area contributed by atoms with Gasteiger partial charge in [-0.05, 0) is 79.1 Å². The highest BCUT2D eigenvalue weighted by atomic mass is 35.5. The number of methoxy groups -OCH3 is 1. The van der Waals surface area contributed by atoms with Crippen molar-refractivity contribution in [3.05, 3.63) is 120 Å². The molecule has 0 bridgehead atoms. The van der Waals surface area contributed by atoms with Gasteiger partial charge in [-0.3, -0.25) is 0 Å². The molecule has 0 amide bonds. The van der Waals surface area contributed by atoms with Gasteiger partial charge < -0.3 is 17.1 Å². The molecular formula is C28H28ClOP. The van der Waals surface area contributed by atoms with Crippen molar-refractivity contribution >= 4 is 23.2 Å². The van der Waals surface area contributed by atoms with E-state index in [0.29, 0.717) is 0 Å². The molecule has 0 fully saturated rings. The zero-order valence-electron chi connectivity index (χ0n) is 18.3. The molecular weight excluding hydrogens is 419 g/mol. The number of halogens is 1. The van der Waals surface area contributed by atoms with Crippen molar-refractivity contribution < 1.29 is 17.1 Å². The van der Waals surface area contributed by atoms with Crippen molar-refractivity contribution in [3.8, 4) is 5.75 Å². The molecule has 158 valence electrons. The fraction of sp³-hybridized carbons (Fsp3) is 0.143. The summed E-state index contributed by atoms with van der Waals surface area (Å²) in [6.45, 7) is 4.42. The topological polar surface area (TPSA) is 9.23 Å². The number of hydrogen-bond acceptors (Lipinski definition) is 1. The van der Waals surface area contributed by atoms with Crippen molar-refractivity contribution in [2.45, 2.75) is 20.0 Å². The summed E-state index contributed by atoms with van der Waals surface area (Å²) in [6.07, 6.45) is 0.993. The standard InChI is InChI=1S/C28H28OP.ClH/c1-22-19-24(29-3)20-23(2)28(22)21-30(25-13-7-4-8-14-25,26-15-9-5-10-16-26)27-17-11-6-12-18-27;/h4-20H,21H2,1-3H3;1H/q+1;/p-1. The second kappa shape index (κ2) is 10.1. The number of ether oxygens (including phenoxy) is 1. The van der Waals surface area contributed by atoms with Crippen molar-refractivity contribution in [3.63, 3.8) is 0 Å². The average molecular weight is 447 g/mol. The molecule has 0 saturated heterocycles. The zero-order valence-corrected chi connectivity index (χ0v) is 19.9. The molecule has 0 heterocycles. The molecule has 0 radical (unpaired) electrons. The second-order valence-corrected chi connectivity index (χ2v) is 11.2. The SMILES string of the molecule is COc1cc(C)c(C[P+](c2ccccc2)(c2ccccc2)c2ccccc2)c(C)c1.[Cl-]. The summed E-state index contributed by atoms with van der Waals surface area (Å²) in [7, 11) is -0.154. The van der Waals surface area contributed by atoms with E-state index < -0.39 is 7.26 Å². The normalized spacial score (nSPS) is 10.9. The molecule has 0 aliphatic rings. The van der Waals surface area contributed by atoms with Crippen LogP contribution in [0, 0.1) is 13.8 Å². The van der Waals surface area contributed by atoms with Crippen LogP contribution in [0.3, 0.4) is 0 Å². The van der Waals surface area contributed by atoms with Gasteiger partial charge in [0.2, 0.25) is 0 Å². The first kappa shape index (κ1) is 23.1. The van der Waals surface area contributed by atoms with Crippen LogP contribution >= 0.6 is 7.26 Å². The molecule has 0 spiro atoms. The summed E-state index contributed by atoms with van der Waals surface area (Å²) in [5, 5.41) is 4.24. The van der Waals surface area contributed by atoms with Gasteiger partial charge in [-0.25, -0.2) is 0 Å². The summed E-state index contributed by atoms with van der Waals surface area (Å²) in [6, 6.07) is 37.5. The van der Waals surface area contributed by atoms with Gasteiger partial charge in [0, 0.05) is 0 Å². The molecule has 0 aromatic heterocycles. The Morgan fingerprint density at radius 2 is 0.968 bits per heavy atom. The smallest absolute Gasteiger partial charge is 0.119 e. The van der Waals surface area contributed by atoms with E-state index >= 15 is 0 Å². The van der Waals surface area contributed by atoms with E-state index in [1.165, 1.54) is 32.6 Å². The van der Waals surface area contributed by atoms with Crippen LogP contribution in [-0.2, 0) is 6.16 Å². The number of aryl methyl sites for hydroxylation is 2. The van der Waals surface area contributed by atoms with E-state index in [9.17, 15) is 0 Å². The maximum absolute atomic E-state index is 5.52. The van der Waals surface area contributed by atoms with Gasteiger partial charge in [-0.15, -0.1) is 0 Å². The third kappa shape index (κ3) is 4.54. The minimum atomic E-state index is -1.89. The van der Waals surface area contributed by atoms with Gasteiger partial charge in [-0.2, -0.15) is 0 Å². The fourth-order valence-electron chi connectivity index (χ4n) is 4.33. The van der Waals surface area contributed by atoms with Gasteiger partial charge in [0.25, 0.3) is 0 Å². The highest BCUT2D eigenvalue weighted by Gasteiger charge is 2.45. The lowest BCUT2D eigenvalue weighted by molar-refractivity contribution is -0.00000635. The number of hydrogen-bond donors (Lipinski definition) is 0. The van der Waals surface area contributed by atoms with Crippen LogP contribution in [0.2, 0.25) is 0 Å². The van der Waals surface area contributed by atoms with E-state index in [0.717, 1.165) is 11.9 Å². The minimum absolute atomic E-state index is 0. The Balaban J connectivity index is 0.00000272. The first-order valence-corrected chi connectivity index (χ1v) is 12.3. The van der Waals surface area contributed by atoms with E-state index in [-0.39, 0.29) is 12.4 Å². The first-order chi connectivity index (χ1) is 14.6. The number of benzene rings is 4. The molecule has 31 heavy (non-hydrogen) atoms. The van der Waals surface area contributed by atoms with Crippen LogP contribution < -0.4 is 33.1 Å². The van der Waals surface area contributed by atoms with Crippen LogP contribution in [0.1, 0.15) is 16.7 Å². The molecule has 0 atom stereocenters. The summed E-state index contributed by atoms with van der Waals surface area (Å²) < 4.78 is 5.52. The minimum Gasteiger partial charge on any atom is -1.00 e. The fourth-order valence-corrected chi connectivity index (χ4v) is 8.79. The Kier molecular flexibility index (Phi) is 7.55. The van der Waals surface area contributed by atoms with Crippen LogP contribution in [0.4, 0.5) is 0 Å². The van der Waals surface area contributed by atoms with E-state index in [4.69, 9.17) is 4.74 Å². The van der Waals surface area contributed by atoms with Gasteiger partial charge in [0.15, 0.2) is 0 Å². The van der Waals surface area contributed by atoms with E-state index in [2.05, 4.69) is 117 Å². The molecule has 0 saturated carbocycles. The summed E-state index contributed by atoms with van der Waals surface area (Å²) in [4.78, 5) is 0. The molecule has 4 aromatic carbocycles. The molecule has 4 rings (SSSR count). The second-order valence-electron chi connectivity index (χ2n) is 7.71. The Morgan fingerprint density at radius 1 is 0.613 bits per heavy atom. The molecule has 0 N–H and O–H groups in total. The van der Waals surface area contributed by atoms with E-state index in [1.807, 2.05) is 0 Å². The maximum Gasteiger partial charge on any atom is 0.119 e. The van der Waals surface area contributed by atoms with E-state index in [1.54, 1.807) is 7.11 Å². The summed E-state index contributed by atoms with van der Waals surface area (Å²) in [5.41, 5.74) is 4.00. The predicted octanol–water partition coefficient (Wildman–Crippen LogP) is 2.81. The van der Waals surface area contributed by atoms with Gasteiger partial charge >= 0.3 is 0 Å². The third-order valence-corrected chi connectivity index (χ3v) is 10.2. The molecule has 0 unspecified atom stereocenters. The third-order valence-electron chi connectivity index (χ3n) is 5.89. The first-order valence-electron chi connectivity index (χ1n) is 10.3. The molecule has 0 aliphatic carbocycles. The van der Waals surface area contributed by atoms with Crippen molar-refractivity contribution in [1.82, 2.24) is 0 Å². The van der Waals surface area contributed by atoms with Crippen LogP contribution in [0.15, 0.2) is 103 Å². The highest BCUT2D eigenvalue weighted by Crippen LogP contribution is 2.58. The monoisotopic (exact) mass is 446 g/mol. The Labute approximate surface area is 192 Å². The van der Waals surface area contributed by atoms with Crippen molar-refractivity contribution in [2.75, 3.05) is 7.11 Å². The molecule has 3 heteroatoms. The average Bonchev–Trinajstić information content (AvgIpc) is 2.80. The predicted molar refractivity (Wildman–Crippen MR) is 131 cm³/mol. The van der Waals surface area contributed by atoms with Crippen molar-refractivity contribution in [2.24, 2.45) is 0 Å². The van der Waals surface area contributed by atoms with Gasteiger partial charge in [-0.1, -0.05) is 54.6 Å². The number of rotatable bonds is 6. The molecule has 0 aliphatic heterocycles. The molecule has 1 nitrogen and oxygen atoms in total. The van der Waals surface area contributed by atoms with Crippen LogP contribution in [0.25, 0.3) is 0 Å². The zero-order chi connectivity index (χ0) is 21.0. The largest absolute Gasteiger partial charge is 1.00 e. The van der Waals surface area contributed by atoms with Crippen LogP contribution in [0.5, 0.6) is 5.75 Å². The Hall–Kier alpha value is -2.60. The summed E-state index contributed by atoms with van der Waals surface area (Å²) >= 11 is 0. The Morgan fingerprint density at radius 3 is 1.29 bits per heavy atom. The van der Waals surface area contributed by atoms with Gasteiger partial charge in [0.05, 0.1) is 13.3 Å². The van der Waals surface area contributed by atoms with Crippen LogP contribution in [-0.4, -0.2) is 7.11 Å². The quantitative estimate of drug-likeness (QED) is 0.414. The lowest BCUT2D eigenvalue weighted by Gasteiger charge is -2.29. The molecule has 4 aromatic rings. The van der Waals surface area contributed by atoms with Crippen molar-refractivity contribution in [1.29, 1.82) is 0 Å². The maximum atomic E-state index is 5.52.